The molecule has 21 heavy (non-hydrogen) atoms. The van der Waals surface area contributed by atoms with E-state index in [4.69, 9.17) is 5.26 Å². The summed E-state index contributed by atoms with van der Waals surface area (Å²) in [6, 6.07) is 7.86. The summed E-state index contributed by atoms with van der Waals surface area (Å²) >= 11 is 0. The number of amides is 1. The predicted molar refractivity (Wildman–Crippen MR) is 79.6 cm³/mol. The SMILES string of the molecule is C[C@@H]1CCCC[C@@H]1NC(=O)/C(C#N)=C/c1cccc(F)c1. The highest BCUT2D eigenvalue weighted by Gasteiger charge is 2.23. The van der Waals surface area contributed by atoms with Gasteiger partial charge in [-0.3, -0.25) is 4.79 Å². The van der Waals surface area contributed by atoms with Crippen LogP contribution in [0.1, 0.15) is 38.2 Å². The fourth-order valence-electron chi connectivity index (χ4n) is 2.69. The number of hydrogen-bond acceptors (Lipinski definition) is 2. The Morgan fingerprint density at radius 1 is 1.43 bits per heavy atom. The number of rotatable bonds is 3. The summed E-state index contributed by atoms with van der Waals surface area (Å²) in [5.41, 5.74) is 0.525. The molecule has 2 atom stereocenters. The van der Waals surface area contributed by atoms with Crippen molar-refractivity contribution in [1.82, 2.24) is 5.32 Å². The molecule has 1 fully saturated rings. The molecule has 2 rings (SSSR count). The van der Waals surface area contributed by atoms with E-state index in [-0.39, 0.29) is 23.3 Å². The second-order valence-electron chi connectivity index (χ2n) is 5.57. The molecule has 1 aliphatic rings. The number of carbonyl (C=O) groups is 1. The van der Waals surface area contributed by atoms with E-state index >= 15 is 0 Å². The van der Waals surface area contributed by atoms with Crippen LogP contribution in [0.3, 0.4) is 0 Å². The lowest BCUT2D eigenvalue weighted by molar-refractivity contribution is -0.118. The van der Waals surface area contributed by atoms with Gasteiger partial charge in [-0.05, 0) is 42.5 Å². The molecule has 1 aliphatic carbocycles. The van der Waals surface area contributed by atoms with Crippen molar-refractivity contribution in [2.45, 2.75) is 38.6 Å². The minimum absolute atomic E-state index is 0.0124. The number of nitrogens with zero attached hydrogens (tertiary/aromatic N) is 1. The van der Waals surface area contributed by atoms with Crippen LogP contribution in [0, 0.1) is 23.1 Å². The van der Waals surface area contributed by atoms with Crippen molar-refractivity contribution in [2.24, 2.45) is 5.92 Å². The molecule has 4 heteroatoms. The van der Waals surface area contributed by atoms with E-state index in [1.807, 2.05) is 6.07 Å². The molecule has 0 aromatic heterocycles. The van der Waals surface area contributed by atoms with Gasteiger partial charge in [-0.1, -0.05) is 31.9 Å². The van der Waals surface area contributed by atoms with Gasteiger partial charge in [0.25, 0.3) is 5.91 Å². The smallest absolute Gasteiger partial charge is 0.262 e. The summed E-state index contributed by atoms with van der Waals surface area (Å²) in [7, 11) is 0. The predicted octanol–water partition coefficient (Wildman–Crippen LogP) is 3.43. The van der Waals surface area contributed by atoms with Gasteiger partial charge in [0.15, 0.2) is 0 Å². The van der Waals surface area contributed by atoms with E-state index < -0.39 is 0 Å². The average Bonchev–Trinajstić information content (AvgIpc) is 2.47. The van der Waals surface area contributed by atoms with Gasteiger partial charge in [0.1, 0.15) is 17.5 Å². The molecule has 1 N–H and O–H groups in total. The molecular weight excluding hydrogens is 267 g/mol. The Hall–Kier alpha value is -2.15. The quantitative estimate of drug-likeness (QED) is 0.683. The van der Waals surface area contributed by atoms with Gasteiger partial charge < -0.3 is 5.32 Å². The van der Waals surface area contributed by atoms with Crippen LogP contribution in [0.4, 0.5) is 4.39 Å². The van der Waals surface area contributed by atoms with Gasteiger partial charge in [-0.25, -0.2) is 4.39 Å². The number of benzene rings is 1. The minimum Gasteiger partial charge on any atom is -0.348 e. The lowest BCUT2D eigenvalue weighted by Gasteiger charge is -2.29. The summed E-state index contributed by atoms with van der Waals surface area (Å²) < 4.78 is 13.1. The van der Waals surface area contributed by atoms with Crippen LogP contribution in [0.15, 0.2) is 29.8 Å². The second-order valence-corrected chi connectivity index (χ2v) is 5.57. The number of halogens is 1. The Bertz CT molecular complexity index is 589. The van der Waals surface area contributed by atoms with Gasteiger partial charge >= 0.3 is 0 Å². The monoisotopic (exact) mass is 286 g/mol. The lowest BCUT2D eigenvalue weighted by Crippen LogP contribution is -2.41. The average molecular weight is 286 g/mol. The van der Waals surface area contributed by atoms with Crippen molar-refractivity contribution in [1.29, 1.82) is 5.26 Å². The molecule has 1 saturated carbocycles. The van der Waals surface area contributed by atoms with Crippen LogP contribution in [-0.4, -0.2) is 11.9 Å². The van der Waals surface area contributed by atoms with Crippen molar-refractivity contribution in [3.63, 3.8) is 0 Å². The topological polar surface area (TPSA) is 52.9 Å². The largest absolute Gasteiger partial charge is 0.348 e. The van der Waals surface area contributed by atoms with Crippen molar-refractivity contribution < 1.29 is 9.18 Å². The summed E-state index contributed by atoms with van der Waals surface area (Å²) in [6.45, 7) is 2.12. The normalized spacial score (nSPS) is 22.4. The maximum atomic E-state index is 13.1. The summed E-state index contributed by atoms with van der Waals surface area (Å²) in [5, 5.41) is 12.1. The van der Waals surface area contributed by atoms with Gasteiger partial charge in [0.2, 0.25) is 0 Å². The third-order valence-electron chi connectivity index (χ3n) is 3.95. The molecule has 110 valence electrons. The molecule has 0 radical (unpaired) electrons. The van der Waals surface area contributed by atoms with Gasteiger partial charge in [0.05, 0.1) is 0 Å². The zero-order valence-electron chi connectivity index (χ0n) is 12.1. The first-order valence-corrected chi connectivity index (χ1v) is 7.28. The van der Waals surface area contributed by atoms with Crippen LogP contribution >= 0.6 is 0 Å². The van der Waals surface area contributed by atoms with E-state index in [1.165, 1.54) is 24.6 Å². The van der Waals surface area contributed by atoms with E-state index in [9.17, 15) is 9.18 Å². The molecule has 1 amide bonds. The summed E-state index contributed by atoms with van der Waals surface area (Å²) in [6.07, 6.45) is 5.76. The molecule has 0 aliphatic heterocycles. The first kappa shape index (κ1) is 15.2. The first-order valence-electron chi connectivity index (χ1n) is 7.28. The van der Waals surface area contributed by atoms with Crippen LogP contribution < -0.4 is 5.32 Å². The Labute approximate surface area is 124 Å². The molecule has 0 unspecified atom stereocenters. The van der Waals surface area contributed by atoms with Gasteiger partial charge in [-0.2, -0.15) is 5.26 Å². The molecule has 1 aromatic rings. The van der Waals surface area contributed by atoms with Crippen molar-refractivity contribution in [3.8, 4) is 6.07 Å². The van der Waals surface area contributed by atoms with E-state index in [2.05, 4.69) is 12.2 Å². The zero-order chi connectivity index (χ0) is 15.2. The molecule has 3 nitrogen and oxygen atoms in total. The van der Waals surface area contributed by atoms with E-state index in [0.717, 1.165) is 19.3 Å². The van der Waals surface area contributed by atoms with Crippen LogP contribution in [0.2, 0.25) is 0 Å². The molecule has 1 aromatic carbocycles. The fraction of sp³-hybridized carbons (Fsp3) is 0.412. The lowest BCUT2D eigenvalue weighted by atomic mass is 9.86. The molecule has 0 spiro atoms. The number of carbonyl (C=O) groups excluding carboxylic acids is 1. The van der Waals surface area contributed by atoms with Crippen molar-refractivity contribution >= 4 is 12.0 Å². The van der Waals surface area contributed by atoms with Gasteiger partial charge in [-0.15, -0.1) is 0 Å². The molecule has 0 bridgehead atoms. The first-order chi connectivity index (χ1) is 10.1. The Kier molecular flexibility index (Phi) is 5.10. The van der Waals surface area contributed by atoms with Gasteiger partial charge in [0, 0.05) is 6.04 Å². The molecular formula is C17H19FN2O. The maximum Gasteiger partial charge on any atom is 0.262 e. The molecule has 0 heterocycles. The van der Waals surface area contributed by atoms with E-state index in [0.29, 0.717) is 11.5 Å². The Morgan fingerprint density at radius 3 is 2.86 bits per heavy atom. The summed E-state index contributed by atoms with van der Waals surface area (Å²) in [5.74, 6) is -0.334. The second kappa shape index (κ2) is 7.03. The van der Waals surface area contributed by atoms with Crippen molar-refractivity contribution in [3.05, 3.63) is 41.2 Å². The standard InChI is InChI=1S/C17H19FN2O/c1-12-5-2-3-8-16(12)20-17(21)14(11-19)9-13-6-4-7-15(18)10-13/h4,6-7,9-10,12,16H,2-3,5,8H2,1H3,(H,20,21)/b14-9+/t12-,16+/m1/s1. The zero-order valence-corrected chi connectivity index (χ0v) is 12.1. The highest BCUT2D eigenvalue weighted by atomic mass is 19.1. The Morgan fingerprint density at radius 2 is 2.19 bits per heavy atom. The number of hydrogen-bond donors (Lipinski definition) is 1. The van der Waals surface area contributed by atoms with Crippen LogP contribution in [-0.2, 0) is 4.79 Å². The highest BCUT2D eigenvalue weighted by molar-refractivity contribution is 6.01. The van der Waals surface area contributed by atoms with E-state index in [1.54, 1.807) is 12.1 Å². The molecule has 0 saturated heterocycles. The third kappa shape index (κ3) is 4.16. The number of nitriles is 1. The fourth-order valence-corrected chi connectivity index (χ4v) is 2.69. The van der Waals surface area contributed by atoms with Crippen LogP contribution in [0.5, 0.6) is 0 Å². The van der Waals surface area contributed by atoms with Crippen LogP contribution in [0.25, 0.3) is 6.08 Å². The third-order valence-corrected chi connectivity index (χ3v) is 3.95. The highest BCUT2D eigenvalue weighted by Crippen LogP contribution is 2.24. The Balaban J connectivity index is 2.10. The minimum atomic E-state index is -0.387. The summed E-state index contributed by atoms with van der Waals surface area (Å²) in [4.78, 5) is 12.2. The maximum absolute atomic E-state index is 13.1. The number of nitrogens with one attached hydrogen (secondary N) is 1. The van der Waals surface area contributed by atoms with Crippen molar-refractivity contribution in [2.75, 3.05) is 0 Å².